The molecule has 1 atom stereocenters. The zero-order chi connectivity index (χ0) is 16.8. The van der Waals surface area contributed by atoms with Gasteiger partial charge in [-0.25, -0.2) is 0 Å². The summed E-state index contributed by atoms with van der Waals surface area (Å²) in [6, 6.07) is 12.7. The van der Waals surface area contributed by atoms with Crippen molar-refractivity contribution in [3.05, 3.63) is 54.0 Å². The number of hydrogen-bond donors (Lipinski definition) is 1. The number of ether oxygens (including phenoxy) is 1. The van der Waals surface area contributed by atoms with E-state index in [0.717, 1.165) is 37.7 Å². The van der Waals surface area contributed by atoms with E-state index in [2.05, 4.69) is 28.4 Å². The van der Waals surface area contributed by atoms with Gasteiger partial charge in [-0.2, -0.15) is 0 Å². The molecule has 130 valence electrons. The topological polar surface area (TPSA) is 37.6 Å². The number of rotatable bonds is 8. The quantitative estimate of drug-likeness (QED) is 0.795. The molecule has 1 aromatic heterocycles. The smallest absolute Gasteiger partial charge is 0.122 e. The van der Waals surface area contributed by atoms with Crippen molar-refractivity contribution in [2.75, 3.05) is 19.6 Å². The lowest BCUT2D eigenvalue weighted by Crippen LogP contribution is -2.33. The lowest BCUT2D eigenvalue weighted by atomic mass is 10.1. The number of likely N-dealkylation sites (tertiary alicyclic amines) is 1. The van der Waals surface area contributed by atoms with Crippen molar-refractivity contribution in [2.45, 2.75) is 45.4 Å². The Bertz CT molecular complexity index is 587. The van der Waals surface area contributed by atoms with E-state index >= 15 is 0 Å². The van der Waals surface area contributed by atoms with Crippen LogP contribution in [0.15, 0.2) is 47.1 Å². The van der Waals surface area contributed by atoms with Crippen LogP contribution in [0.5, 0.6) is 5.75 Å². The van der Waals surface area contributed by atoms with E-state index in [4.69, 9.17) is 9.15 Å². The highest BCUT2D eigenvalue weighted by Crippen LogP contribution is 2.25. The monoisotopic (exact) mass is 328 g/mol. The Hall–Kier alpha value is -1.78. The van der Waals surface area contributed by atoms with Crippen molar-refractivity contribution in [1.29, 1.82) is 0 Å². The highest BCUT2D eigenvalue weighted by Gasteiger charge is 2.24. The van der Waals surface area contributed by atoms with Gasteiger partial charge < -0.3 is 14.5 Å². The Labute approximate surface area is 144 Å². The highest BCUT2D eigenvalue weighted by atomic mass is 16.5. The molecule has 24 heavy (non-hydrogen) atoms. The fourth-order valence-corrected chi connectivity index (χ4v) is 3.26. The summed E-state index contributed by atoms with van der Waals surface area (Å²) in [7, 11) is 0. The van der Waals surface area contributed by atoms with Crippen molar-refractivity contribution < 1.29 is 9.15 Å². The van der Waals surface area contributed by atoms with Crippen LogP contribution in [0.25, 0.3) is 0 Å². The standard InChI is InChI=1S/C20H28N2O2/c1-16(2)24-18-9-7-17(8-10-18)14-21-15-19(20-6-5-13-23-20)22-11-3-4-12-22/h5-10,13,16,19,21H,3-4,11-12,14-15H2,1-2H3. The van der Waals surface area contributed by atoms with Crippen LogP contribution in [-0.2, 0) is 6.54 Å². The second-order valence-corrected chi connectivity index (χ2v) is 6.72. The van der Waals surface area contributed by atoms with Crippen molar-refractivity contribution in [3.8, 4) is 5.75 Å². The molecule has 0 aliphatic carbocycles. The number of benzene rings is 1. The molecule has 1 aliphatic heterocycles. The number of nitrogens with zero attached hydrogens (tertiary/aromatic N) is 1. The molecule has 0 saturated carbocycles. The number of furan rings is 1. The summed E-state index contributed by atoms with van der Waals surface area (Å²) in [5.74, 6) is 1.99. The first-order chi connectivity index (χ1) is 11.7. The van der Waals surface area contributed by atoms with Crippen molar-refractivity contribution in [1.82, 2.24) is 10.2 Å². The van der Waals surface area contributed by atoms with E-state index in [1.54, 1.807) is 6.26 Å². The van der Waals surface area contributed by atoms with Gasteiger partial charge in [-0.05, 0) is 69.6 Å². The van der Waals surface area contributed by atoms with Crippen LogP contribution in [0.1, 0.15) is 44.1 Å². The maximum Gasteiger partial charge on any atom is 0.122 e. The first kappa shape index (κ1) is 17.1. The van der Waals surface area contributed by atoms with Crippen LogP contribution in [0.4, 0.5) is 0 Å². The van der Waals surface area contributed by atoms with E-state index in [1.165, 1.54) is 18.4 Å². The van der Waals surface area contributed by atoms with Crippen LogP contribution in [-0.4, -0.2) is 30.6 Å². The molecule has 3 rings (SSSR count). The highest BCUT2D eigenvalue weighted by molar-refractivity contribution is 5.27. The molecule has 4 nitrogen and oxygen atoms in total. The van der Waals surface area contributed by atoms with E-state index in [9.17, 15) is 0 Å². The zero-order valence-electron chi connectivity index (χ0n) is 14.7. The second-order valence-electron chi connectivity index (χ2n) is 6.72. The second kappa shape index (κ2) is 8.36. The van der Waals surface area contributed by atoms with E-state index in [0.29, 0.717) is 6.04 Å². The third-order valence-electron chi connectivity index (χ3n) is 4.41. The van der Waals surface area contributed by atoms with Crippen molar-refractivity contribution in [3.63, 3.8) is 0 Å². The average molecular weight is 328 g/mol. The Kier molecular flexibility index (Phi) is 5.94. The van der Waals surface area contributed by atoms with Gasteiger partial charge in [0, 0.05) is 13.1 Å². The number of hydrogen-bond acceptors (Lipinski definition) is 4. The molecule has 1 aliphatic rings. The lowest BCUT2D eigenvalue weighted by molar-refractivity contribution is 0.209. The van der Waals surface area contributed by atoms with Crippen molar-refractivity contribution >= 4 is 0 Å². The molecule has 1 aromatic carbocycles. The molecule has 4 heteroatoms. The molecule has 1 saturated heterocycles. The first-order valence-electron chi connectivity index (χ1n) is 8.96. The maximum atomic E-state index is 5.69. The summed E-state index contributed by atoms with van der Waals surface area (Å²) < 4.78 is 11.4. The van der Waals surface area contributed by atoms with E-state index < -0.39 is 0 Å². The van der Waals surface area contributed by atoms with Crippen LogP contribution in [0.3, 0.4) is 0 Å². The minimum Gasteiger partial charge on any atom is -0.491 e. The van der Waals surface area contributed by atoms with Gasteiger partial charge in [-0.15, -0.1) is 0 Å². The SMILES string of the molecule is CC(C)Oc1ccc(CNCC(c2ccco2)N2CCCC2)cc1. The van der Waals surface area contributed by atoms with Gasteiger partial charge in [0.1, 0.15) is 11.5 Å². The molecule has 0 amide bonds. The van der Waals surface area contributed by atoms with Crippen LogP contribution >= 0.6 is 0 Å². The Morgan fingerprint density at radius 2 is 1.88 bits per heavy atom. The number of nitrogens with one attached hydrogen (secondary N) is 1. The van der Waals surface area contributed by atoms with Gasteiger partial charge >= 0.3 is 0 Å². The molecule has 1 fully saturated rings. The molecule has 1 N–H and O–H groups in total. The van der Waals surface area contributed by atoms with Gasteiger partial charge in [0.25, 0.3) is 0 Å². The minimum atomic E-state index is 0.212. The van der Waals surface area contributed by atoms with E-state index in [1.807, 2.05) is 32.0 Å². The maximum absolute atomic E-state index is 5.69. The predicted octanol–water partition coefficient (Wildman–Crippen LogP) is 3.99. The van der Waals surface area contributed by atoms with Gasteiger partial charge in [-0.3, -0.25) is 4.90 Å². The Morgan fingerprint density at radius 3 is 2.50 bits per heavy atom. The third kappa shape index (κ3) is 4.62. The first-order valence-corrected chi connectivity index (χ1v) is 8.96. The molecule has 0 spiro atoms. The van der Waals surface area contributed by atoms with Gasteiger partial charge in [0.05, 0.1) is 18.4 Å². The van der Waals surface area contributed by atoms with Crippen LogP contribution < -0.4 is 10.1 Å². The van der Waals surface area contributed by atoms with Crippen LogP contribution in [0.2, 0.25) is 0 Å². The lowest BCUT2D eigenvalue weighted by Gasteiger charge is -2.26. The molecule has 0 radical (unpaired) electrons. The van der Waals surface area contributed by atoms with Crippen molar-refractivity contribution in [2.24, 2.45) is 0 Å². The van der Waals surface area contributed by atoms with E-state index in [-0.39, 0.29) is 6.10 Å². The molecular weight excluding hydrogens is 300 g/mol. The largest absolute Gasteiger partial charge is 0.491 e. The zero-order valence-corrected chi connectivity index (χ0v) is 14.7. The molecular formula is C20H28N2O2. The van der Waals surface area contributed by atoms with Gasteiger partial charge in [-0.1, -0.05) is 12.1 Å². The Balaban J connectivity index is 1.53. The Morgan fingerprint density at radius 1 is 1.12 bits per heavy atom. The summed E-state index contributed by atoms with van der Waals surface area (Å²) in [4.78, 5) is 2.52. The third-order valence-corrected chi connectivity index (χ3v) is 4.41. The van der Waals surface area contributed by atoms with Crippen LogP contribution in [0, 0.1) is 0 Å². The summed E-state index contributed by atoms with van der Waals surface area (Å²) in [6.07, 6.45) is 4.55. The molecule has 0 bridgehead atoms. The average Bonchev–Trinajstić information content (AvgIpc) is 3.26. The summed E-state index contributed by atoms with van der Waals surface area (Å²) in [5.41, 5.74) is 1.27. The van der Waals surface area contributed by atoms with Gasteiger partial charge in [0.15, 0.2) is 0 Å². The fourth-order valence-electron chi connectivity index (χ4n) is 3.26. The summed E-state index contributed by atoms with van der Waals surface area (Å²) in [5, 5.41) is 3.58. The molecule has 1 unspecified atom stereocenters. The normalized spacial score (nSPS) is 16.6. The summed E-state index contributed by atoms with van der Waals surface area (Å²) >= 11 is 0. The van der Waals surface area contributed by atoms with Gasteiger partial charge in [0.2, 0.25) is 0 Å². The summed E-state index contributed by atoms with van der Waals surface area (Å²) in [6.45, 7) is 8.17. The fraction of sp³-hybridized carbons (Fsp3) is 0.500. The molecule has 2 heterocycles. The predicted molar refractivity (Wildman–Crippen MR) is 96.2 cm³/mol. The minimum absolute atomic E-state index is 0.212. The molecule has 2 aromatic rings.